The summed E-state index contributed by atoms with van der Waals surface area (Å²) < 4.78 is 10.9. The maximum absolute atomic E-state index is 12.1. The maximum atomic E-state index is 12.1. The Bertz CT molecular complexity index is 559. The third-order valence-electron chi connectivity index (χ3n) is 4.36. The number of hydrogen-bond acceptors (Lipinski definition) is 4. The van der Waals surface area contributed by atoms with E-state index in [1.165, 1.54) is 12.8 Å². The number of hydrogen-bond donors (Lipinski definition) is 1. The van der Waals surface area contributed by atoms with Gasteiger partial charge in [0.15, 0.2) is 0 Å². The van der Waals surface area contributed by atoms with Crippen LogP contribution in [0.2, 0.25) is 0 Å². The van der Waals surface area contributed by atoms with Gasteiger partial charge in [0, 0.05) is 19.7 Å². The molecular weight excluding hydrogens is 308 g/mol. The van der Waals surface area contributed by atoms with E-state index < -0.39 is 6.09 Å². The fourth-order valence-electron chi connectivity index (χ4n) is 2.68. The van der Waals surface area contributed by atoms with Crippen LogP contribution in [-0.2, 0) is 20.9 Å². The first kappa shape index (κ1) is 16.8. The van der Waals surface area contributed by atoms with Gasteiger partial charge < -0.3 is 19.7 Å². The number of rotatable bonds is 7. The average Bonchev–Trinajstić information content (AvgIpc) is 3.32. The molecule has 0 radical (unpaired) electrons. The third-order valence-corrected chi connectivity index (χ3v) is 4.36. The van der Waals surface area contributed by atoms with Gasteiger partial charge in [-0.05, 0) is 30.7 Å². The van der Waals surface area contributed by atoms with E-state index in [-0.39, 0.29) is 25.2 Å². The number of carbonyl (C=O) groups is 2. The summed E-state index contributed by atoms with van der Waals surface area (Å²) in [6.07, 6.45) is 2.97. The Morgan fingerprint density at radius 2 is 1.96 bits per heavy atom. The third kappa shape index (κ3) is 5.23. The lowest BCUT2D eigenvalue weighted by Crippen LogP contribution is -2.39. The van der Waals surface area contributed by atoms with E-state index in [0.29, 0.717) is 13.1 Å². The Balaban J connectivity index is 1.31. The highest BCUT2D eigenvalue weighted by atomic mass is 16.5. The van der Waals surface area contributed by atoms with Crippen molar-refractivity contribution >= 4 is 12.0 Å². The van der Waals surface area contributed by atoms with Crippen LogP contribution in [0.25, 0.3) is 0 Å². The van der Waals surface area contributed by atoms with Crippen molar-refractivity contribution in [1.29, 1.82) is 0 Å². The fourth-order valence-corrected chi connectivity index (χ4v) is 2.68. The molecule has 130 valence electrons. The smallest absolute Gasteiger partial charge is 0.407 e. The number of benzene rings is 1. The summed E-state index contributed by atoms with van der Waals surface area (Å²) in [5, 5.41) is 2.51. The first-order chi connectivity index (χ1) is 11.7. The van der Waals surface area contributed by atoms with Gasteiger partial charge in [0.05, 0.1) is 6.10 Å². The van der Waals surface area contributed by atoms with E-state index >= 15 is 0 Å². The minimum absolute atomic E-state index is 0.0387. The average molecular weight is 332 g/mol. The van der Waals surface area contributed by atoms with Crippen molar-refractivity contribution in [3.8, 4) is 0 Å². The maximum Gasteiger partial charge on any atom is 0.407 e. The lowest BCUT2D eigenvalue weighted by Gasteiger charge is -2.17. The van der Waals surface area contributed by atoms with Crippen LogP contribution in [0.3, 0.4) is 0 Å². The second-order valence-electron chi connectivity index (χ2n) is 6.44. The Hall–Kier alpha value is -2.08. The molecule has 1 N–H and O–H groups in total. The molecule has 0 aromatic heterocycles. The fraction of sp³-hybridized carbons (Fsp3) is 0.556. The summed E-state index contributed by atoms with van der Waals surface area (Å²) in [5.41, 5.74) is 0.911. The molecule has 1 heterocycles. The van der Waals surface area contributed by atoms with Crippen LogP contribution in [0.1, 0.15) is 24.8 Å². The largest absolute Gasteiger partial charge is 0.445 e. The first-order valence-electron chi connectivity index (χ1n) is 8.54. The quantitative estimate of drug-likeness (QED) is 0.828. The number of carbonyl (C=O) groups excluding carboxylic acids is 2. The standard InChI is InChI=1S/C18H24N2O4/c21-17(20-9-8-16(11-20)23-12-15-6-7-15)10-19-18(22)24-13-14-4-2-1-3-5-14/h1-5,15-16H,6-13H2,(H,19,22)/t16-/m0/s1. The molecule has 1 aromatic carbocycles. The van der Waals surface area contributed by atoms with Gasteiger partial charge in [-0.25, -0.2) is 4.79 Å². The molecule has 1 aliphatic heterocycles. The summed E-state index contributed by atoms with van der Waals surface area (Å²) in [7, 11) is 0. The summed E-state index contributed by atoms with van der Waals surface area (Å²) in [6.45, 7) is 2.28. The van der Waals surface area contributed by atoms with Crippen LogP contribution in [0.4, 0.5) is 4.79 Å². The van der Waals surface area contributed by atoms with E-state index in [2.05, 4.69) is 5.32 Å². The number of likely N-dealkylation sites (tertiary alicyclic amines) is 1. The van der Waals surface area contributed by atoms with Crippen LogP contribution in [0.15, 0.2) is 30.3 Å². The number of nitrogens with zero attached hydrogens (tertiary/aromatic N) is 1. The summed E-state index contributed by atoms with van der Waals surface area (Å²) in [6, 6.07) is 9.43. The monoisotopic (exact) mass is 332 g/mol. The Morgan fingerprint density at radius 3 is 2.71 bits per heavy atom. The Kier molecular flexibility index (Phi) is 5.69. The van der Waals surface area contributed by atoms with Gasteiger partial charge in [-0.15, -0.1) is 0 Å². The zero-order chi connectivity index (χ0) is 16.8. The molecule has 1 saturated heterocycles. The van der Waals surface area contributed by atoms with Gasteiger partial charge in [-0.1, -0.05) is 30.3 Å². The number of alkyl carbamates (subject to hydrolysis) is 1. The Morgan fingerprint density at radius 1 is 1.17 bits per heavy atom. The molecule has 0 spiro atoms. The van der Waals surface area contributed by atoms with E-state index in [0.717, 1.165) is 24.5 Å². The predicted molar refractivity (Wildman–Crippen MR) is 88.3 cm³/mol. The van der Waals surface area contributed by atoms with Crippen LogP contribution >= 0.6 is 0 Å². The van der Waals surface area contributed by atoms with Gasteiger partial charge in [0.1, 0.15) is 13.2 Å². The molecule has 6 nitrogen and oxygen atoms in total. The van der Waals surface area contributed by atoms with Gasteiger partial charge in [-0.2, -0.15) is 0 Å². The van der Waals surface area contributed by atoms with E-state index in [1.807, 2.05) is 30.3 Å². The number of nitrogens with one attached hydrogen (secondary N) is 1. The van der Waals surface area contributed by atoms with Crippen molar-refractivity contribution in [2.75, 3.05) is 26.2 Å². The SMILES string of the molecule is O=C(NCC(=O)N1CC[C@H](OCC2CC2)C1)OCc1ccccc1. The van der Waals surface area contributed by atoms with Crippen LogP contribution < -0.4 is 5.32 Å². The van der Waals surface area contributed by atoms with Crippen molar-refractivity contribution in [3.05, 3.63) is 35.9 Å². The lowest BCUT2D eigenvalue weighted by atomic mass is 10.2. The summed E-state index contributed by atoms with van der Waals surface area (Å²) >= 11 is 0. The van der Waals surface area contributed by atoms with Gasteiger partial charge in [0.2, 0.25) is 5.91 Å². The lowest BCUT2D eigenvalue weighted by molar-refractivity contribution is -0.129. The molecule has 2 aliphatic rings. The van der Waals surface area contributed by atoms with Crippen molar-refractivity contribution < 1.29 is 19.1 Å². The van der Waals surface area contributed by atoms with Crippen molar-refractivity contribution in [2.45, 2.75) is 32.0 Å². The van der Waals surface area contributed by atoms with E-state index in [4.69, 9.17) is 9.47 Å². The second kappa shape index (κ2) is 8.15. The van der Waals surface area contributed by atoms with Crippen LogP contribution in [0, 0.1) is 5.92 Å². The minimum atomic E-state index is -0.576. The Labute approximate surface area is 142 Å². The van der Waals surface area contributed by atoms with Crippen molar-refractivity contribution in [2.24, 2.45) is 5.92 Å². The van der Waals surface area contributed by atoms with Gasteiger partial charge >= 0.3 is 6.09 Å². The molecule has 1 aliphatic carbocycles. The topological polar surface area (TPSA) is 67.9 Å². The molecule has 0 bridgehead atoms. The highest BCUT2D eigenvalue weighted by molar-refractivity contribution is 5.82. The van der Waals surface area contributed by atoms with E-state index in [9.17, 15) is 9.59 Å². The van der Waals surface area contributed by atoms with Crippen molar-refractivity contribution in [1.82, 2.24) is 10.2 Å². The highest BCUT2D eigenvalue weighted by Gasteiger charge is 2.29. The molecule has 2 fully saturated rings. The molecule has 1 saturated carbocycles. The molecule has 6 heteroatoms. The molecule has 1 atom stereocenters. The molecular formula is C18H24N2O4. The molecule has 1 aromatic rings. The zero-order valence-corrected chi connectivity index (χ0v) is 13.8. The number of ether oxygens (including phenoxy) is 2. The summed E-state index contributed by atoms with van der Waals surface area (Å²) in [5.74, 6) is 0.639. The van der Waals surface area contributed by atoms with Crippen LogP contribution in [0.5, 0.6) is 0 Å². The predicted octanol–water partition coefficient (Wildman–Crippen LogP) is 1.94. The highest BCUT2D eigenvalue weighted by Crippen LogP contribution is 2.29. The first-order valence-corrected chi connectivity index (χ1v) is 8.54. The molecule has 24 heavy (non-hydrogen) atoms. The second-order valence-corrected chi connectivity index (χ2v) is 6.44. The minimum Gasteiger partial charge on any atom is -0.445 e. The normalized spacial score (nSPS) is 20.0. The van der Waals surface area contributed by atoms with Gasteiger partial charge in [-0.3, -0.25) is 4.79 Å². The molecule has 3 rings (SSSR count). The van der Waals surface area contributed by atoms with Crippen molar-refractivity contribution in [3.63, 3.8) is 0 Å². The molecule has 2 amide bonds. The van der Waals surface area contributed by atoms with E-state index in [1.54, 1.807) is 4.90 Å². The van der Waals surface area contributed by atoms with Gasteiger partial charge in [0.25, 0.3) is 0 Å². The number of amides is 2. The zero-order valence-electron chi connectivity index (χ0n) is 13.8. The van der Waals surface area contributed by atoms with Crippen LogP contribution in [-0.4, -0.2) is 49.2 Å². The summed E-state index contributed by atoms with van der Waals surface area (Å²) in [4.78, 5) is 25.5. The molecule has 0 unspecified atom stereocenters.